The van der Waals surface area contributed by atoms with Crippen molar-refractivity contribution in [2.24, 2.45) is 0 Å². The van der Waals surface area contributed by atoms with Gasteiger partial charge in [-0.2, -0.15) is 0 Å². The van der Waals surface area contributed by atoms with Gasteiger partial charge in [-0.1, -0.05) is 43.0 Å². The smallest absolute Gasteiger partial charge is 0.135 e. The Hall–Kier alpha value is -1.42. The number of hydrogen-bond acceptors (Lipinski definition) is 3. The molecule has 0 bridgehead atoms. The molecule has 3 nitrogen and oxygen atoms in total. The van der Waals surface area contributed by atoms with Crippen LogP contribution in [-0.2, 0) is 5.60 Å². The summed E-state index contributed by atoms with van der Waals surface area (Å²) in [6, 6.07) is 9.31. The second-order valence-corrected chi connectivity index (χ2v) is 5.51. The molecule has 5 heteroatoms. The lowest BCUT2D eigenvalue weighted by Gasteiger charge is -2.34. The highest BCUT2D eigenvalue weighted by Gasteiger charge is 2.42. The van der Waals surface area contributed by atoms with Gasteiger partial charge in [0.25, 0.3) is 0 Å². The summed E-state index contributed by atoms with van der Waals surface area (Å²) in [6.45, 7) is 3.70. The minimum absolute atomic E-state index is 0.357. The van der Waals surface area contributed by atoms with Crippen LogP contribution in [0.5, 0.6) is 0 Å². The standard InChI is InChI=1S/C15H14Cl2N2O/c1-2-15(20,12-10-18-8-9-19-12)13(14(16)17)11-6-4-3-5-7-11/h2-10,13-14,20H,1H2. The van der Waals surface area contributed by atoms with Crippen LogP contribution in [0.1, 0.15) is 17.2 Å². The summed E-state index contributed by atoms with van der Waals surface area (Å²) in [5.74, 6) is -0.596. The molecule has 0 radical (unpaired) electrons. The summed E-state index contributed by atoms with van der Waals surface area (Å²) < 4.78 is 0. The highest BCUT2D eigenvalue weighted by atomic mass is 35.5. The minimum Gasteiger partial charge on any atom is -0.379 e. The van der Waals surface area contributed by atoms with E-state index in [0.29, 0.717) is 5.69 Å². The predicted octanol–water partition coefficient (Wildman–Crippen LogP) is 3.44. The zero-order valence-corrected chi connectivity index (χ0v) is 12.2. The Morgan fingerprint density at radius 2 is 1.90 bits per heavy atom. The van der Waals surface area contributed by atoms with Crippen LogP contribution in [0.2, 0.25) is 0 Å². The second-order valence-electron chi connectivity index (χ2n) is 4.34. The van der Waals surface area contributed by atoms with Crippen LogP contribution in [0.3, 0.4) is 0 Å². The highest BCUT2D eigenvalue weighted by molar-refractivity contribution is 6.44. The number of hydrogen-bond donors (Lipinski definition) is 1. The third-order valence-electron chi connectivity index (χ3n) is 3.17. The number of aromatic nitrogens is 2. The van der Waals surface area contributed by atoms with Gasteiger partial charge in [-0.25, -0.2) is 0 Å². The molecule has 0 amide bonds. The molecule has 1 heterocycles. The molecule has 0 saturated carbocycles. The van der Waals surface area contributed by atoms with E-state index in [9.17, 15) is 5.11 Å². The summed E-state index contributed by atoms with van der Waals surface area (Å²) in [5.41, 5.74) is -0.338. The molecule has 0 saturated heterocycles. The zero-order chi connectivity index (χ0) is 14.6. The molecule has 2 atom stereocenters. The van der Waals surface area contributed by atoms with E-state index in [4.69, 9.17) is 23.2 Å². The van der Waals surface area contributed by atoms with Crippen LogP contribution in [0, 0.1) is 0 Å². The van der Waals surface area contributed by atoms with E-state index < -0.39 is 16.4 Å². The number of rotatable bonds is 5. The number of nitrogens with zero attached hydrogens (tertiary/aromatic N) is 2. The third-order valence-corrected chi connectivity index (χ3v) is 3.67. The average Bonchev–Trinajstić information content (AvgIpc) is 2.49. The van der Waals surface area contributed by atoms with Crippen LogP contribution >= 0.6 is 23.2 Å². The molecule has 0 aliphatic carbocycles. The van der Waals surface area contributed by atoms with E-state index in [-0.39, 0.29) is 0 Å². The van der Waals surface area contributed by atoms with Gasteiger partial charge in [0.15, 0.2) is 0 Å². The fraction of sp³-hybridized carbons (Fsp3) is 0.200. The molecule has 1 aromatic carbocycles. The summed E-state index contributed by atoms with van der Waals surface area (Å²) in [4.78, 5) is 7.30. The van der Waals surface area contributed by atoms with Crippen LogP contribution in [0.4, 0.5) is 0 Å². The Morgan fingerprint density at radius 1 is 1.20 bits per heavy atom. The lowest BCUT2D eigenvalue weighted by molar-refractivity contribution is 0.0575. The van der Waals surface area contributed by atoms with Gasteiger partial charge in [-0.3, -0.25) is 9.97 Å². The number of aliphatic hydroxyl groups is 1. The highest BCUT2D eigenvalue weighted by Crippen LogP contribution is 2.42. The molecular formula is C15H14Cl2N2O. The van der Waals surface area contributed by atoms with E-state index in [1.54, 1.807) is 0 Å². The molecule has 104 valence electrons. The average molecular weight is 309 g/mol. The fourth-order valence-electron chi connectivity index (χ4n) is 2.15. The van der Waals surface area contributed by atoms with Crippen molar-refractivity contribution >= 4 is 23.2 Å². The van der Waals surface area contributed by atoms with Crippen LogP contribution in [0.25, 0.3) is 0 Å². The predicted molar refractivity (Wildman–Crippen MR) is 80.8 cm³/mol. The van der Waals surface area contributed by atoms with Gasteiger partial charge in [-0.15, -0.1) is 23.2 Å². The maximum atomic E-state index is 11.0. The first-order chi connectivity index (χ1) is 9.59. The summed E-state index contributed by atoms with van der Waals surface area (Å²) >= 11 is 12.2. The van der Waals surface area contributed by atoms with Gasteiger partial charge in [0, 0.05) is 12.4 Å². The van der Waals surface area contributed by atoms with Gasteiger partial charge in [0.1, 0.15) is 10.4 Å². The van der Waals surface area contributed by atoms with Crippen LogP contribution in [0.15, 0.2) is 61.6 Å². The molecule has 2 unspecified atom stereocenters. The minimum atomic E-state index is -1.50. The lowest BCUT2D eigenvalue weighted by atomic mass is 9.81. The van der Waals surface area contributed by atoms with Crippen molar-refractivity contribution < 1.29 is 5.11 Å². The van der Waals surface area contributed by atoms with Gasteiger partial charge in [0.2, 0.25) is 0 Å². The topological polar surface area (TPSA) is 46.0 Å². The third kappa shape index (κ3) is 2.85. The maximum absolute atomic E-state index is 11.0. The number of alkyl halides is 2. The molecular weight excluding hydrogens is 295 g/mol. The largest absolute Gasteiger partial charge is 0.379 e. The molecule has 0 fully saturated rings. The zero-order valence-electron chi connectivity index (χ0n) is 10.7. The molecule has 1 N–H and O–H groups in total. The van der Waals surface area contributed by atoms with E-state index in [1.807, 2.05) is 30.3 Å². The molecule has 2 rings (SSSR count). The fourth-order valence-corrected chi connectivity index (χ4v) is 2.82. The van der Waals surface area contributed by atoms with E-state index in [2.05, 4.69) is 16.5 Å². The quantitative estimate of drug-likeness (QED) is 0.680. The van der Waals surface area contributed by atoms with Gasteiger partial charge < -0.3 is 5.11 Å². The first-order valence-corrected chi connectivity index (χ1v) is 6.92. The second kappa shape index (κ2) is 6.35. The Kier molecular flexibility index (Phi) is 4.76. The Labute approximate surface area is 127 Å². The summed E-state index contributed by atoms with van der Waals surface area (Å²) in [5, 5.41) is 11.0. The Bertz CT molecular complexity index is 563. The van der Waals surface area contributed by atoms with Crippen molar-refractivity contribution in [3.05, 3.63) is 72.8 Å². The van der Waals surface area contributed by atoms with Gasteiger partial charge in [0.05, 0.1) is 17.8 Å². The first-order valence-electron chi connectivity index (χ1n) is 6.05. The summed E-state index contributed by atoms with van der Waals surface area (Å²) in [7, 11) is 0. The molecule has 20 heavy (non-hydrogen) atoms. The van der Waals surface area contributed by atoms with E-state index in [0.717, 1.165) is 5.56 Å². The lowest BCUT2D eigenvalue weighted by Crippen LogP contribution is -2.36. The normalized spacial score (nSPS) is 15.6. The molecule has 0 spiro atoms. The van der Waals surface area contributed by atoms with Crippen molar-refractivity contribution in [1.82, 2.24) is 9.97 Å². The van der Waals surface area contributed by atoms with Crippen molar-refractivity contribution in [2.75, 3.05) is 0 Å². The summed E-state index contributed by atoms with van der Waals surface area (Å²) in [6.07, 6.45) is 5.91. The Balaban J connectivity index is 2.54. The van der Waals surface area contributed by atoms with Crippen molar-refractivity contribution in [3.8, 4) is 0 Å². The van der Waals surface area contributed by atoms with Gasteiger partial charge in [-0.05, 0) is 5.56 Å². The monoisotopic (exact) mass is 308 g/mol. The van der Waals surface area contributed by atoms with Crippen molar-refractivity contribution in [1.29, 1.82) is 0 Å². The van der Waals surface area contributed by atoms with Crippen molar-refractivity contribution in [3.63, 3.8) is 0 Å². The molecule has 0 aliphatic rings. The van der Waals surface area contributed by atoms with E-state index in [1.165, 1.54) is 24.7 Å². The number of halogens is 2. The number of benzene rings is 1. The first kappa shape index (κ1) is 15.0. The van der Waals surface area contributed by atoms with E-state index >= 15 is 0 Å². The molecule has 2 aromatic rings. The molecule has 1 aromatic heterocycles. The van der Waals surface area contributed by atoms with Crippen LogP contribution in [-0.4, -0.2) is 19.9 Å². The SMILES string of the molecule is C=CC(O)(c1cnccn1)C(c1ccccc1)C(Cl)Cl. The maximum Gasteiger partial charge on any atom is 0.135 e. The molecule has 0 aliphatic heterocycles. The van der Waals surface area contributed by atoms with Crippen LogP contribution < -0.4 is 0 Å². The van der Waals surface area contributed by atoms with Gasteiger partial charge >= 0.3 is 0 Å². The van der Waals surface area contributed by atoms with Crippen molar-refractivity contribution in [2.45, 2.75) is 16.4 Å². The Morgan fingerprint density at radius 3 is 2.40 bits per heavy atom.